The summed E-state index contributed by atoms with van der Waals surface area (Å²) in [6.45, 7) is 6.02. The van der Waals surface area contributed by atoms with Gasteiger partial charge in [0.1, 0.15) is 5.82 Å². The molecular formula is C17H26N4. The standard InChI is InChI=1S/C17H26N4/c1-5-18-17-15(13-21(4)11-10-20(2)3)12-14-8-6-7-9-16(14)19-17/h6-9,12H,5,10-11,13H2,1-4H3,(H,18,19). The van der Waals surface area contributed by atoms with Gasteiger partial charge in [-0.25, -0.2) is 4.98 Å². The molecule has 0 amide bonds. The molecular weight excluding hydrogens is 260 g/mol. The van der Waals surface area contributed by atoms with Gasteiger partial charge in [0.25, 0.3) is 0 Å². The number of pyridine rings is 1. The summed E-state index contributed by atoms with van der Waals surface area (Å²) in [4.78, 5) is 9.31. The van der Waals surface area contributed by atoms with Crippen molar-refractivity contribution in [1.29, 1.82) is 0 Å². The van der Waals surface area contributed by atoms with Gasteiger partial charge < -0.3 is 15.1 Å². The van der Waals surface area contributed by atoms with Gasteiger partial charge in [0.2, 0.25) is 0 Å². The van der Waals surface area contributed by atoms with Crippen molar-refractivity contribution in [1.82, 2.24) is 14.8 Å². The predicted octanol–water partition coefficient (Wildman–Crippen LogP) is 2.66. The second-order valence-electron chi connectivity index (χ2n) is 5.76. The molecule has 1 aromatic carbocycles. The van der Waals surface area contributed by atoms with Crippen LogP contribution in [0.1, 0.15) is 12.5 Å². The summed E-state index contributed by atoms with van der Waals surface area (Å²) in [7, 11) is 6.37. The van der Waals surface area contributed by atoms with Crippen LogP contribution in [0.2, 0.25) is 0 Å². The first-order chi connectivity index (χ1) is 10.1. The highest BCUT2D eigenvalue weighted by Crippen LogP contribution is 2.21. The number of nitrogens with zero attached hydrogens (tertiary/aromatic N) is 3. The lowest BCUT2D eigenvalue weighted by atomic mass is 10.1. The summed E-state index contributed by atoms with van der Waals surface area (Å²) in [5.74, 6) is 1.01. The fourth-order valence-electron chi connectivity index (χ4n) is 2.34. The Labute approximate surface area is 127 Å². The largest absolute Gasteiger partial charge is 0.370 e. The smallest absolute Gasteiger partial charge is 0.131 e. The molecule has 0 spiro atoms. The van der Waals surface area contributed by atoms with E-state index in [0.29, 0.717) is 0 Å². The van der Waals surface area contributed by atoms with E-state index in [1.807, 2.05) is 6.07 Å². The van der Waals surface area contributed by atoms with E-state index in [1.165, 1.54) is 10.9 Å². The highest BCUT2D eigenvalue weighted by Gasteiger charge is 2.09. The molecule has 0 radical (unpaired) electrons. The van der Waals surface area contributed by atoms with Crippen LogP contribution in [0, 0.1) is 0 Å². The molecule has 2 rings (SSSR count). The number of likely N-dealkylation sites (N-methyl/N-ethyl adjacent to an activating group) is 2. The van der Waals surface area contributed by atoms with Gasteiger partial charge in [-0.1, -0.05) is 18.2 Å². The van der Waals surface area contributed by atoms with Crippen LogP contribution in [0.4, 0.5) is 5.82 Å². The molecule has 0 aliphatic rings. The molecule has 0 saturated carbocycles. The van der Waals surface area contributed by atoms with E-state index in [2.05, 4.69) is 67.4 Å². The molecule has 114 valence electrons. The first-order valence-corrected chi connectivity index (χ1v) is 7.56. The summed E-state index contributed by atoms with van der Waals surface area (Å²) >= 11 is 0. The van der Waals surface area contributed by atoms with E-state index in [0.717, 1.165) is 37.5 Å². The number of rotatable bonds is 7. The molecule has 0 saturated heterocycles. The molecule has 1 heterocycles. The molecule has 1 N–H and O–H groups in total. The zero-order chi connectivity index (χ0) is 15.2. The van der Waals surface area contributed by atoms with Crippen molar-refractivity contribution in [3.8, 4) is 0 Å². The van der Waals surface area contributed by atoms with Crippen LogP contribution in [-0.4, -0.2) is 55.6 Å². The van der Waals surface area contributed by atoms with Gasteiger partial charge in [0, 0.05) is 37.1 Å². The van der Waals surface area contributed by atoms with Gasteiger partial charge in [-0.05, 0) is 40.2 Å². The molecule has 0 bridgehead atoms. The Kier molecular flexibility index (Phi) is 5.53. The van der Waals surface area contributed by atoms with Crippen LogP contribution in [0.3, 0.4) is 0 Å². The zero-order valence-corrected chi connectivity index (χ0v) is 13.6. The third kappa shape index (κ3) is 4.41. The minimum absolute atomic E-state index is 0.889. The number of nitrogens with one attached hydrogen (secondary N) is 1. The van der Waals surface area contributed by atoms with Crippen molar-refractivity contribution in [3.63, 3.8) is 0 Å². The zero-order valence-electron chi connectivity index (χ0n) is 13.6. The van der Waals surface area contributed by atoms with Crippen LogP contribution in [0.15, 0.2) is 30.3 Å². The summed E-state index contributed by atoms with van der Waals surface area (Å²) in [5.41, 5.74) is 2.31. The third-order valence-corrected chi connectivity index (χ3v) is 3.52. The van der Waals surface area contributed by atoms with Gasteiger partial charge in [0.05, 0.1) is 5.52 Å². The second-order valence-corrected chi connectivity index (χ2v) is 5.76. The number of fused-ring (bicyclic) bond motifs is 1. The first-order valence-electron chi connectivity index (χ1n) is 7.56. The Morgan fingerprint density at radius 2 is 1.86 bits per heavy atom. The summed E-state index contributed by atoms with van der Waals surface area (Å²) in [6, 6.07) is 10.5. The van der Waals surface area contributed by atoms with Gasteiger partial charge in [-0.2, -0.15) is 0 Å². The topological polar surface area (TPSA) is 31.4 Å². The molecule has 21 heavy (non-hydrogen) atoms. The summed E-state index contributed by atoms with van der Waals surface area (Å²) in [5, 5.41) is 4.59. The van der Waals surface area contributed by atoms with Gasteiger partial charge in [-0.3, -0.25) is 0 Å². The average molecular weight is 286 g/mol. The van der Waals surface area contributed by atoms with Crippen LogP contribution in [0.5, 0.6) is 0 Å². The van der Waals surface area contributed by atoms with E-state index in [9.17, 15) is 0 Å². The van der Waals surface area contributed by atoms with Crippen molar-refractivity contribution < 1.29 is 0 Å². The average Bonchev–Trinajstić information content (AvgIpc) is 2.46. The second kappa shape index (κ2) is 7.38. The maximum Gasteiger partial charge on any atom is 0.131 e. The normalized spacial score (nSPS) is 11.5. The molecule has 0 unspecified atom stereocenters. The molecule has 4 heteroatoms. The van der Waals surface area contributed by atoms with Crippen LogP contribution in [-0.2, 0) is 6.54 Å². The molecule has 1 aromatic heterocycles. The summed E-state index contributed by atoms with van der Waals surface area (Å²) in [6.07, 6.45) is 0. The van der Waals surface area contributed by atoms with Crippen LogP contribution < -0.4 is 5.32 Å². The van der Waals surface area contributed by atoms with E-state index in [1.54, 1.807) is 0 Å². The van der Waals surface area contributed by atoms with E-state index in [4.69, 9.17) is 4.98 Å². The highest BCUT2D eigenvalue weighted by atomic mass is 15.1. The molecule has 0 atom stereocenters. The fraction of sp³-hybridized carbons (Fsp3) is 0.471. The Balaban J connectivity index is 2.21. The SMILES string of the molecule is CCNc1nc2ccccc2cc1CN(C)CCN(C)C. The molecule has 0 aliphatic carbocycles. The number of hydrogen-bond acceptors (Lipinski definition) is 4. The first kappa shape index (κ1) is 15.7. The number of anilines is 1. The lowest BCUT2D eigenvalue weighted by molar-refractivity contribution is 0.276. The fourth-order valence-corrected chi connectivity index (χ4v) is 2.34. The summed E-state index contributed by atoms with van der Waals surface area (Å²) < 4.78 is 0. The molecule has 4 nitrogen and oxygen atoms in total. The van der Waals surface area contributed by atoms with Crippen molar-refractivity contribution in [2.45, 2.75) is 13.5 Å². The van der Waals surface area contributed by atoms with E-state index >= 15 is 0 Å². The van der Waals surface area contributed by atoms with Gasteiger partial charge >= 0.3 is 0 Å². The van der Waals surface area contributed by atoms with E-state index in [-0.39, 0.29) is 0 Å². The maximum absolute atomic E-state index is 4.77. The molecule has 0 fully saturated rings. The minimum atomic E-state index is 0.889. The maximum atomic E-state index is 4.77. The molecule has 0 aliphatic heterocycles. The minimum Gasteiger partial charge on any atom is -0.370 e. The highest BCUT2D eigenvalue weighted by molar-refractivity contribution is 5.81. The number of benzene rings is 1. The monoisotopic (exact) mass is 286 g/mol. The quantitative estimate of drug-likeness (QED) is 0.848. The Morgan fingerprint density at radius 3 is 2.57 bits per heavy atom. The number of para-hydroxylation sites is 1. The number of aromatic nitrogens is 1. The Bertz CT molecular complexity index is 580. The Morgan fingerprint density at radius 1 is 1.10 bits per heavy atom. The van der Waals surface area contributed by atoms with Gasteiger partial charge in [-0.15, -0.1) is 0 Å². The van der Waals surface area contributed by atoms with Crippen LogP contribution in [0.25, 0.3) is 10.9 Å². The van der Waals surface area contributed by atoms with Crippen molar-refractivity contribution in [2.24, 2.45) is 0 Å². The Hall–Kier alpha value is -1.65. The van der Waals surface area contributed by atoms with E-state index < -0.39 is 0 Å². The molecule has 2 aromatic rings. The van der Waals surface area contributed by atoms with Crippen molar-refractivity contribution in [2.75, 3.05) is 46.1 Å². The van der Waals surface area contributed by atoms with Crippen molar-refractivity contribution in [3.05, 3.63) is 35.9 Å². The predicted molar refractivity (Wildman–Crippen MR) is 90.8 cm³/mol. The van der Waals surface area contributed by atoms with Crippen molar-refractivity contribution >= 4 is 16.7 Å². The number of hydrogen-bond donors (Lipinski definition) is 1. The third-order valence-electron chi connectivity index (χ3n) is 3.52. The van der Waals surface area contributed by atoms with Crippen LogP contribution >= 0.6 is 0 Å². The lowest BCUT2D eigenvalue weighted by Gasteiger charge is -2.21. The lowest BCUT2D eigenvalue weighted by Crippen LogP contribution is -2.28. The van der Waals surface area contributed by atoms with Gasteiger partial charge in [0.15, 0.2) is 0 Å².